The van der Waals surface area contributed by atoms with Crippen LogP contribution in [0, 0.1) is 0 Å². The Morgan fingerprint density at radius 1 is 1.12 bits per heavy atom. The van der Waals surface area contributed by atoms with E-state index in [0.29, 0.717) is 12.7 Å². The second-order valence-electron chi connectivity index (χ2n) is 6.58. The maximum absolute atomic E-state index is 6.00. The van der Waals surface area contributed by atoms with Gasteiger partial charge in [0.25, 0.3) is 0 Å². The van der Waals surface area contributed by atoms with Crippen molar-refractivity contribution in [2.24, 2.45) is 0 Å². The van der Waals surface area contributed by atoms with Gasteiger partial charge < -0.3 is 14.8 Å². The summed E-state index contributed by atoms with van der Waals surface area (Å²) < 4.78 is 13.3. The van der Waals surface area contributed by atoms with Crippen molar-refractivity contribution in [3.8, 4) is 17.1 Å². The topological polar surface area (TPSA) is 77.4 Å². The molecule has 0 aliphatic carbocycles. The molecule has 0 amide bonds. The number of nitrogens with zero attached hydrogens (tertiary/aromatic N) is 4. The molecule has 0 bridgehead atoms. The molecule has 0 radical (unpaired) electrons. The van der Waals surface area contributed by atoms with Gasteiger partial charge in [0.15, 0.2) is 0 Å². The number of epoxide rings is 1. The molecule has 2 fully saturated rings. The molecule has 7 heteroatoms. The fourth-order valence-corrected chi connectivity index (χ4v) is 3.26. The summed E-state index contributed by atoms with van der Waals surface area (Å²) in [5, 5.41) is 11.7. The minimum Gasteiger partial charge on any atom is -0.369 e. The molecule has 2 aliphatic rings. The van der Waals surface area contributed by atoms with Gasteiger partial charge in [0.1, 0.15) is 11.8 Å². The third kappa shape index (κ3) is 3.12. The number of piperidine rings is 1. The van der Waals surface area contributed by atoms with Gasteiger partial charge in [-0.15, -0.1) is 5.10 Å². The number of benzene rings is 1. The van der Waals surface area contributed by atoms with E-state index in [1.54, 1.807) is 10.9 Å². The zero-order chi connectivity index (χ0) is 17.3. The standard InChI is InChI=1S/C19H19N5O2/c1-2-8-21-15(3-1)16-11-24(23-22-16)14-6-4-13(5-7-14)12-25-17-9-20-10-18-19(17)26-18/h1-8,11,17-20H,9-10,12H2/t17-,18-,19+/m1/s1. The normalized spacial score (nSPS) is 24.2. The van der Waals surface area contributed by atoms with Crippen molar-refractivity contribution in [1.82, 2.24) is 25.3 Å². The maximum Gasteiger partial charge on any atom is 0.131 e. The molecule has 0 spiro atoms. The van der Waals surface area contributed by atoms with Crippen molar-refractivity contribution < 1.29 is 9.47 Å². The summed E-state index contributed by atoms with van der Waals surface area (Å²) in [5.41, 5.74) is 3.64. The summed E-state index contributed by atoms with van der Waals surface area (Å²) >= 11 is 0. The van der Waals surface area contributed by atoms with E-state index in [2.05, 4.69) is 32.7 Å². The van der Waals surface area contributed by atoms with Crippen LogP contribution in [-0.4, -0.2) is 51.4 Å². The fraction of sp³-hybridized carbons (Fsp3) is 0.316. The van der Waals surface area contributed by atoms with Gasteiger partial charge >= 0.3 is 0 Å². The molecule has 7 nitrogen and oxygen atoms in total. The van der Waals surface area contributed by atoms with Crippen LogP contribution in [0.15, 0.2) is 54.9 Å². The first-order chi connectivity index (χ1) is 12.9. The van der Waals surface area contributed by atoms with Crippen molar-refractivity contribution in [1.29, 1.82) is 0 Å². The number of fused-ring (bicyclic) bond motifs is 1. The van der Waals surface area contributed by atoms with E-state index in [0.717, 1.165) is 35.7 Å². The number of ether oxygens (including phenoxy) is 2. The Morgan fingerprint density at radius 2 is 2.04 bits per heavy atom. The molecule has 4 heterocycles. The Morgan fingerprint density at radius 3 is 2.88 bits per heavy atom. The molecule has 3 atom stereocenters. The number of aromatic nitrogens is 4. The van der Waals surface area contributed by atoms with Gasteiger partial charge in [0.2, 0.25) is 0 Å². The van der Waals surface area contributed by atoms with Crippen molar-refractivity contribution >= 4 is 0 Å². The number of pyridine rings is 1. The third-order valence-corrected chi connectivity index (χ3v) is 4.76. The molecule has 26 heavy (non-hydrogen) atoms. The highest BCUT2D eigenvalue weighted by Gasteiger charge is 2.48. The van der Waals surface area contributed by atoms with Crippen molar-refractivity contribution in [2.75, 3.05) is 13.1 Å². The smallest absolute Gasteiger partial charge is 0.131 e. The Bertz CT molecular complexity index is 880. The van der Waals surface area contributed by atoms with Crippen LogP contribution in [0.25, 0.3) is 17.1 Å². The first kappa shape index (κ1) is 15.6. The summed E-state index contributed by atoms with van der Waals surface area (Å²) in [4.78, 5) is 4.30. The van der Waals surface area contributed by atoms with Gasteiger partial charge in [-0.05, 0) is 29.8 Å². The molecule has 0 unspecified atom stereocenters. The number of rotatable bonds is 5. The molecule has 0 saturated carbocycles. The van der Waals surface area contributed by atoms with Crippen molar-refractivity contribution in [3.05, 3.63) is 60.4 Å². The van der Waals surface area contributed by atoms with Gasteiger partial charge in [-0.3, -0.25) is 4.98 Å². The quantitative estimate of drug-likeness (QED) is 0.705. The Balaban J connectivity index is 1.24. The van der Waals surface area contributed by atoms with E-state index in [-0.39, 0.29) is 12.2 Å². The van der Waals surface area contributed by atoms with Crippen LogP contribution in [0.5, 0.6) is 0 Å². The Kier molecular flexibility index (Phi) is 3.97. The summed E-state index contributed by atoms with van der Waals surface area (Å²) in [7, 11) is 0. The zero-order valence-corrected chi connectivity index (χ0v) is 14.2. The average molecular weight is 349 g/mol. The highest BCUT2D eigenvalue weighted by atomic mass is 16.6. The van der Waals surface area contributed by atoms with Crippen LogP contribution in [0.3, 0.4) is 0 Å². The Hall–Kier alpha value is -2.61. The molecule has 1 N–H and O–H groups in total. The summed E-state index contributed by atoms with van der Waals surface area (Å²) in [6.07, 6.45) is 4.39. The lowest BCUT2D eigenvalue weighted by Gasteiger charge is -2.20. The molecule has 132 valence electrons. The molecule has 5 rings (SSSR count). The molecule has 3 aromatic rings. The van der Waals surface area contributed by atoms with E-state index in [1.807, 2.05) is 36.5 Å². The highest BCUT2D eigenvalue weighted by Crippen LogP contribution is 2.29. The highest BCUT2D eigenvalue weighted by molar-refractivity contribution is 5.52. The molecular weight excluding hydrogens is 330 g/mol. The van der Waals surface area contributed by atoms with E-state index in [9.17, 15) is 0 Å². The van der Waals surface area contributed by atoms with Gasteiger partial charge in [-0.2, -0.15) is 0 Å². The number of hydrogen-bond donors (Lipinski definition) is 1. The maximum atomic E-state index is 6.00. The molecule has 2 aliphatic heterocycles. The first-order valence-electron chi connectivity index (χ1n) is 8.78. The minimum atomic E-state index is 0.143. The van der Waals surface area contributed by atoms with E-state index in [4.69, 9.17) is 9.47 Å². The van der Waals surface area contributed by atoms with Gasteiger partial charge in [-0.25, -0.2) is 4.68 Å². The lowest BCUT2D eigenvalue weighted by atomic mass is 10.1. The van der Waals surface area contributed by atoms with Crippen molar-refractivity contribution in [2.45, 2.75) is 24.9 Å². The van der Waals surface area contributed by atoms with Gasteiger partial charge in [0.05, 0.1) is 36.4 Å². The summed E-state index contributed by atoms with van der Waals surface area (Å²) in [6, 6.07) is 13.9. The lowest BCUT2D eigenvalue weighted by Crippen LogP contribution is -2.41. The largest absolute Gasteiger partial charge is 0.369 e. The monoisotopic (exact) mass is 349 g/mol. The SMILES string of the molecule is c1ccc(-c2cn(-c3ccc(CO[C@@H]4CNC[C@H]5O[C@@H]45)cc3)nn2)nc1. The second kappa shape index (κ2) is 6.60. The van der Waals surface area contributed by atoms with Crippen LogP contribution in [0.4, 0.5) is 0 Å². The Labute approximate surface area is 151 Å². The molecule has 2 saturated heterocycles. The van der Waals surface area contributed by atoms with Crippen LogP contribution in [0.2, 0.25) is 0 Å². The molecule has 1 aromatic carbocycles. The zero-order valence-electron chi connectivity index (χ0n) is 14.2. The number of hydrogen-bond acceptors (Lipinski definition) is 6. The predicted octanol–water partition coefficient (Wildman–Crippen LogP) is 1.59. The number of nitrogens with one attached hydrogen (secondary N) is 1. The predicted molar refractivity (Wildman–Crippen MR) is 94.7 cm³/mol. The second-order valence-corrected chi connectivity index (χ2v) is 6.58. The van der Waals surface area contributed by atoms with Crippen LogP contribution < -0.4 is 5.32 Å². The van der Waals surface area contributed by atoms with Gasteiger partial charge in [-0.1, -0.05) is 23.4 Å². The van der Waals surface area contributed by atoms with Crippen LogP contribution in [0.1, 0.15) is 5.56 Å². The molecule has 2 aromatic heterocycles. The fourth-order valence-electron chi connectivity index (χ4n) is 3.26. The van der Waals surface area contributed by atoms with Crippen LogP contribution >= 0.6 is 0 Å². The van der Waals surface area contributed by atoms with E-state index >= 15 is 0 Å². The van der Waals surface area contributed by atoms with Crippen molar-refractivity contribution in [3.63, 3.8) is 0 Å². The summed E-state index contributed by atoms with van der Waals surface area (Å²) in [6.45, 7) is 2.38. The molecular formula is C19H19N5O2. The lowest BCUT2D eigenvalue weighted by molar-refractivity contribution is 0.0211. The third-order valence-electron chi connectivity index (χ3n) is 4.76. The van der Waals surface area contributed by atoms with E-state index in [1.165, 1.54) is 0 Å². The van der Waals surface area contributed by atoms with E-state index < -0.39 is 0 Å². The van der Waals surface area contributed by atoms with Gasteiger partial charge in [0, 0.05) is 19.3 Å². The summed E-state index contributed by atoms with van der Waals surface area (Å²) in [5.74, 6) is 0. The average Bonchev–Trinajstić information content (AvgIpc) is 3.34. The minimum absolute atomic E-state index is 0.143. The van der Waals surface area contributed by atoms with Crippen LogP contribution in [-0.2, 0) is 16.1 Å². The first-order valence-corrected chi connectivity index (χ1v) is 8.78.